The largest absolute Gasteiger partial charge is 0.480 e. The molecule has 1 aliphatic heterocycles. The molecular formula is C25H27N5O4. The molecule has 1 aromatic heterocycles. The number of hydrogen-bond acceptors (Lipinski definition) is 6. The standard InChI is InChI=1S/C25H27N5O4/c26-23-19-7-6-17(12-18(19)8-10-27-23)14-29-24(33)21-9-11-30(21)25(34)20(28-15-22(31)32)13-16-4-2-1-3-5-16/h1-8,10,12,20-21,28H,9,11,13-15H2,(H2,26,27)(H,29,33)(H,31,32). The van der Waals surface area contributed by atoms with Crippen LogP contribution in [0, 0.1) is 0 Å². The van der Waals surface area contributed by atoms with Gasteiger partial charge in [0, 0.05) is 24.7 Å². The lowest BCUT2D eigenvalue weighted by Gasteiger charge is -2.41. The van der Waals surface area contributed by atoms with Gasteiger partial charge in [0.1, 0.15) is 11.9 Å². The van der Waals surface area contributed by atoms with E-state index >= 15 is 0 Å². The Bertz CT molecular complexity index is 1200. The molecule has 9 heteroatoms. The number of nitrogen functional groups attached to an aromatic ring is 1. The zero-order valence-corrected chi connectivity index (χ0v) is 18.6. The molecule has 1 saturated heterocycles. The summed E-state index contributed by atoms with van der Waals surface area (Å²) in [5.41, 5.74) is 7.71. The van der Waals surface area contributed by atoms with Gasteiger partial charge in [0.15, 0.2) is 0 Å². The lowest BCUT2D eigenvalue weighted by Crippen LogP contribution is -2.62. The predicted molar refractivity (Wildman–Crippen MR) is 128 cm³/mol. The van der Waals surface area contributed by atoms with E-state index in [0.29, 0.717) is 31.7 Å². The summed E-state index contributed by atoms with van der Waals surface area (Å²) in [5, 5.41) is 16.6. The predicted octanol–water partition coefficient (Wildman–Crippen LogP) is 1.32. The van der Waals surface area contributed by atoms with Gasteiger partial charge in [-0.05, 0) is 41.5 Å². The summed E-state index contributed by atoms with van der Waals surface area (Å²) in [6.07, 6.45) is 2.55. The molecule has 0 radical (unpaired) electrons. The fourth-order valence-electron chi connectivity index (χ4n) is 4.10. The van der Waals surface area contributed by atoms with Gasteiger partial charge in [-0.1, -0.05) is 42.5 Å². The molecule has 34 heavy (non-hydrogen) atoms. The summed E-state index contributed by atoms with van der Waals surface area (Å²) >= 11 is 0. The maximum Gasteiger partial charge on any atom is 0.317 e. The van der Waals surface area contributed by atoms with Crippen LogP contribution in [0.15, 0.2) is 60.8 Å². The average Bonchev–Trinajstić information content (AvgIpc) is 2.80. The second-order valence-electron chi connectivity index (χ2n) is 8.32. The third-order valence-electron chi connectivity index (χ3n) is 6.01. The van der Waals surface area contributed by atoms with Gasteiger partial charge in [0.2, 0.25) is 11.8 Å². The highest BCUT2D eigenvalue weighted by Crippen LogP contribution is 2.22. The van der Waals surface area contributed by atoms with E-state index in [0.717, 1.165) is 21.9 Å². The summed E-state index contributed by atoms with van der Waals surface area (Å²) < 4.78 is 0. The number of hydrogen-bond donors (Lipinski definition) is 4. The molecule has 0 aliphatic carbocycles. The Labute approximate surface area is 197 Å². The number of pyridine rings is 1. The zero-order chi connectivity index (χ0) is 24.1. The second-order valence-corrected chi connectivity index (χ2v) is 8.32. The quantitative estimate of drug-likeness (QED) is 0.377. The smallest absolute Gasteiger partial charge is 0.317 e. The third kappa shape index (κ3) is 5.32. The van der Waals surface area contributed by atoms with E-state index in [1.54, 1.807) is 6.20 Å². The number of carbonyl (C=O) groups is 3. The van der Waals surface area contributed by atoms with Crippen LogP contribution in [0.5, 0.6) is 0 Å². The zero-order valence-electron chi connectivity index (χ0n) is 18.6. The van der Waals surface area contributed by atoms with Gasteiger partial charge < -0.3 is 21.1 Å². The van der Waals surface area contributed by atoms with Gasteiger partial charge >= 0.3 is 5.97 Å². The first-order chi connectivity index (χ1) is 16.4. The highest BCUT2D eigenvalue weighted by molar-refractivity contribution is 5.92. The highest BCUT2D eigenvalue weighted by Gasteiger charge is 2.40. The highest BCUT2D eigenvalue weighted by atomic mass is 16.4. The summed E-state index contributed by atoms with van der Waals surface area (Å²) in [7, 11) is 0. The van der Waals surface area contributed by atoms with Crippen LogP contribution >= 0.6 is 0 Å². The summed E-state index contributed by atoms with van der Waals surface area (Å²) in [6, 6.07) is 15.7. The van der Waals surface area contributed by atoms with Crippen molar-refractivity contribution in [3.8, 4) is 0 Å². The molecule has 0 saturated carbocycles. The SMILES string of the molecule is Nc1nccc2cc(CNC(=O)C3CCN3C(=O)C(Cc3ccccc3)NCC(=O)O)ccc12. The summed E-state index contributed by atoms with van der Waals surface area (Å²) in [6.45, 7) is 0.440. The van der Waals surface area contributed by atoms with Crippen LogP contribution in [-0.4, -0.2) is 57.9 Å². The number of nitrogens with zero attached hydrogens (tertiary/aromatic N) is 2. The van der Waals surface area contributed by atoms with E-state index in [1.807, 2.05) is 54.6 Å². The molecule has 176 valence electrons. The van der Waals surface area contributed by atoms with E-state index in [9.17, 15) is 14.4 Å². The van der Waals surface area contributed by atoms with Gasteiger partial charge in [-0.2, -0.15) is 0 Å². The molecule has 3 aromatic rings. The Kier molecular flexibility index (Phi) is 7.03. The number of rotatable bonds is 9. The van der Waals surface area contributed by atoms with Crippen molar-refractivity contribution in [1.82, 2.24) is 20.5 Å². The number of fused-ring (bicyclic) bond motifs is 1. The minimum atomic E-state index is -1.04. The molecular weight excluding hydrogens is 434 g/mol. The normalized spacial score (nSPS) is 16.0. The number of carboxylic acid groups (broad SMARTS) is 1. The van der Waals surface area contributed by atoms with Crippen molar-refractivity contribution >= 4 is 34.4 Å². The summed E-state index contributed by atoms with van der Waals surface area (Å²) in [5.74, 6) is -1.09. The number of benzene rings is 2. The van der Waals surface area contributed by atoms with Gasteiger partial charge in [-0.3, -0.25) is 19.7 Å². The van der Waals surface area contributed by atoms with Crippen LogP contribution in [0.1, 0.15) is 17.5 Å². The van der Waals surface area contributed by atoms with E-state index < -0.39 is 18.1 Å². The lowest BCUT2D eigenvalue weighted by atomic mass is 9.97. The Morgan fingerprint density at radius 2 is 1.91 bits per heavy atom. The molecule has 1 fully saturated rings. The number of aromatic nitrogens is 1. The monoisotopic (exact) mass is 461 g/mol. The van der Waals surface area contributed by atoms with Crippen molar-refractivity contribution in [1.29, 1.82) is 0 Å². The maximum atomic E-state index is 13.2. The number of amides is 2. The van der Waals surface area contributed by atoms with Gasteiger partial charge in [0.25, 0.3) is 0 Å². The molecule has 2 unspecified atom stereocenters. The molecule has 5 N–H and O–H groups in total. The maximum absolute atomic E-state index is 13.2. The van der Waals surface area contributed by atoms with E-state index in [4.69, 9.17) is 10.8 Å². The number of aliphatic carboxylic acids is 1. The molecule has 4 rings (SSSR count). The topological polar surface area (TPSA) is 138 Å². The Morgan fingerprint density at radius 1 is 1.12 bits per heavy atom. The Balaban J connectivity index is 1.39. The Hall–Kier alpha value is -3.98. The molecule has 0 bridgehead atoms. The molecule has 2 atom stereocenters. The number of anilines is 1. The van der Waals surface area contributed by atoms with Crippen LogP contribution in [0.3, 0.4) is 0 Å². The number of nitrogens with two attached hydrogens (primary N) is 1. The first kappa shape index (κ1) is 23.2. The minimum absolute atomic E-state index is 0.231. The molecule has 2 heterocycles. The first-order valence-electron chi connectivity index (χ1n) is 11.1. The molecule has 0 spiro atoms. The summed E-state index contributed by atoms with van der Waals surface area (Å²) in [4.78, 5) is 42.7. The third-order valence-corrected chi connectivity index (χ3v) is 6.01. The number of nitrogens with one attached hydrogen (secondary N) is 2. The number of likely N-dealkylation sites (tertiary alicyclic amines) is 1. The average molecular weight is 462 g/mol. The van der Waals surface area contributed by atoms with E-state index in [2.05, 4.69) is 15.6 Å². The van der Waals surface area contributed by atoms with Crippen LogP contribution in [0.25, 0.3) is 10.8 Å². The van der Waals surface area contributed by atoms with Crippen LogP contribution < -0.4 is 16.4 Å². The lowest BCUT2D eigenvalue weighted by molar-refractivity contribution is -0.149. The van der Waals surface area contributed by atoms with Crippen LogP contribution in [-0.2, 0) is 27.3 Å². The van der Waals surface area contributed by atoms with Crippen molar-refractivity contribution in [2.75, 3.05) is 18.8 Å². The molecule has 1 aliphatic rings. The van der Waals surface area contributed by atoms with Gasteiger partial charge in [0.05, 0.1) is 12.6 Å². The number of carboxylic acids is 1. The van der Waals surface area contributed by atoms with Crippen molar-refractivity contribution in [3.05, 3.63) is 71.9 Å². The molecule has 2 aromatic carbocycles. The fraction of sp³-hybridized carbons (Fsp3) is 0.280. The van der Waals surface area contributed by atoms with Crippen LogP contribution in [0.2, 0.25) is 0 Å². The van der Waals surface area contributed by atoms with Crippen molar-refractivity contribution in [3.63, 3.8) is 0 Å². The van der Waals surface area contributed by atoms with Gasteiger partial charge in [-0.25, -0.2) is 4.98 Å². The van der Waals surface area contributed by atoms with E-state index in [-0.39, 0.29) is 18.4 Å². The molecule has 9 nitrogen and oxygen atoms in total. The van der Waals surface area contributed by atoms with Crippen molar-refractivity contribution in [2.45, 2.75) is 31.5 Å². The van der Waals surface area contributed by atoms with Crippen LogP contribution in [0.4, 0.5) is 5.82 Å². The van der Waals surface area contributed by atoms with Gasteiger partial charge in [-0.15, -0.1) is 0 Å². The second kappa shape index (κ2) is 10.3. The minimum Gasteiger partial charge on any atom is -0.480 e. The van der Waals surface area contributed by atoms with Crippen molar-refractivity contribution < 1.29 is 19.5 Å². The number of carbonyl (C=O) groups excluding carboxylic acids is 2. The first-order valence-corrected chi connectivity index (χ1v) is 11.1. The van der Waals surface area contributed by atoms with E-state index in [1.165, 1.54) is 4.90 Å². The molecule has 2 amide bonds. The Morgan fingerprint density at radius 3 is 2.62 bits per heavy atom. The van der Waals surface area contributed by atoms with Crippen molar-refractivity contribution in [2.24, 2.45) is 0 Å². The fourth-order valence-corrected chi connectivity index (χ4v) is 4.10.